The van der Waals surface area contributed by atoms with E-state index < -0.39 is 17.7 Å². The van der Waals surface area contributed by atoms with E-state index in [0.717, 1.165) is 25.7 Å². The van der Waals surface area contributed by atoms with Crippen LogP contribution in [0.4, 0.5) is 5.69 Å². The predicted molar refractivity (Wildman–Crippen MR) is 125 cm³/mol. The number of Topliss-reactive ketones (excluding diaryl/α,β-unsaturated/α-hetero) is 1. The highest BCUT2D eigenvalue weighted by atomic mass is 16.5. The minimum absolute atomic E-state index is 0.0616. The summed E-state index contributed by atoms with van der Waals surface area (Å²) in [5.41, 5.74) is 4.22. The molecule has 2 aromatic carbocycles. The number of nitrogens with zero attached hydrogens (tertiary/aromatic N) is 2. The van der Waals surface area contributed by atoms with Gasteiger partial charge in [0.15, 0.2) is 0 Å². The van der Waals surface area contributed by atoms with Crippen molar-refractivity contribution in [3.63, 3.8) is 0 Å². The van der Waals surface area contributed by atoms with Gasteiger partial charge in [0.1, 0.15) is 11.5 Å². The molecule has 1 aliphatic heterocycles. The highest BCUT2D eigenvalue weighted by molar-refractivity contribution is 6.51. The molecular weight excluding hydrogens is 416 g/mol. The lowest BCUT2D eigenvalue weighted by Gasteiger charge is -2.25. The summed E-state index contributed by atoms with van der Waals surface area (Å²) in [5, 5.41) is 11.3. The predicted octanol–water partition coefficient (Wildman–Crippen LogP) is 4.60. The Kier molecular flexibility index (Phi) is 5.42. The van der Waals surface area contributed by atoms with E-state index in [2.05, 4.69) is 4.98 Å². The molecule has 2 heterocycles. The summed E-state index contributed by atoms with van der Waals surface area (Å²) in [5.74, 6) is -1.02. The van der Waals surface area contributed by atoms with Crippen molar-refractivity contribution < 1.29 is 19.4 Å². The van der Waals surface area contributed by atoms with Crippen molar-refractivity contribution in [2.45, 2.75) is 31.7 Å². The SMILES string of the molecule is COc1cccc(N2C(=O)C(=O)/C(=C(\O)c3ccc4c(c3)CCCC4)C2c2cccnc2)c1. The van der Waals surface area contributed by atoms with Crippen LogP contribution in [0, 0.1) is 0 Å². The summed E-state index contributed by atoms with van der Waals surface area (Å²) >= 11 is 0. The van der Waals surface area contributed by atoms with Gasteiger partial charge in [0.25, 0.3) is 11.7 Å². The van der Waals surface area contributed by atoms with E-state index in [1.54, 1.807) is 55.9 Å². The number of pyridine rings is 1. The van der Waals surface area contributed by atoms with Gasteiger partial charge in [-0.15, -0.1) is 0 Å². The van der Waals surface area contributed by atoms with Gasteiger partial charge in [-0.05, 0) is 66.6 Å². The van der Waals surface area contributed by atoms with Crippen LogP contribution in [0.2, 0.25) is 0 Å². The number of rotatable bonds is 4. The lowest BCUT2D eigenvalue weighted by molar-refractivity contribution is -0.132. The van der Waals surface area contributed by atoms with Gasteiger partial charge in [0.2, 0.25) is 0 Å². The number of aliphatic hydroxyl groups excluding tert-OH is 1. The van der Waals surface area contributed by atoms with Crippen molar-refractivity contribution in [3.8, 4) is 5.75 Å². The van der Waals surface area contributed by atoms with Crippen LogP contribution in [-0.4, -0.2) is 28.9 Å². The van der Waals surface area contributed by atoms with E-state index in [4.69, 9.17) is 4.74 Å². The van der Waals surface area contributed by atoms with Crippen molar-refractivity contribution in [3.05, 3.63) is 94.8 Å². The van der Waals surface area contributed by atoms with Gasteiger partial charge >= 0.3 is 0 Å². The first-order valence-corrected chi connectivity index (χ1v) is 11.1. The molecule has 6 nitrogen and oxygen atoms in total. The quantitative estimate of drug-likeness (QED) is 0.365. The van der Waals surface area contributed by atoms with Gasteiger partial charge in [-0.25, -0.2) is 0 Å². The molecule has 1 aliphatic carbocycles. The molecule has 5 rings (SSSR count). The molecule has 1 N–H and O–H groups in total. The van der Waals surface area contributed by atoms with E-state index in [0.29, 0.717) is 22.6 Å². The van der Waals surface area contributed by atoms with Crippen LogP contribution in [0.1, 0.15) is 41.1 Å². The van der Waals surface area contributed by atoms with E-state index in [9.17, 15) is 14.7 Å². The van der Waals surface area contributed by atoms with Crippen LogP contribution >= 0.6 is 0 Å². The summed E-state index contributed by atoms with van der Waals surface area (Å²) in [6.07, 6.45) is 7.47. The molecule has 1 unspecified atom stereocenters. The molecule has 0 saturated carbocycles. The van der Waals surface area contributed by atoms with E-state index >= 15 is 0 Å². The fourth-order valence-corrected chi connectivity index (χ4v) is 4.75. The van der Waals surface area contributed by atoms with Gasteiger partial charge < -0.3 is 9.84 Å². The maximum Gasteiger partial charge on any atom is 0.300 e. The number of hydrogen-bond donors (Lipinski definition) is 1. The highest BCUT2D eigenvalue weighted by Crippen LogP contribution is 2.42. The number of anilines is 1. The van der Waals surface area contributed by atoms with Crippen molar-refractivity contribution in [2.24, 2.45) is 0 Å². The van der Waals surface area contributed by atoms with E-state index in [-0.39, 0.29) is 11.3 Å². The highest BCUT2D eigenvalue weighted by Gasteiger charge is 2.47. The molecule has 166 valence electrons. The second-order valence-electron chi connectivity index (χ2n) is 8.35. The number of methoxy groups -OCH3 is 1. The Morgan fingerprint density at radius 1 is 1.03 bits per heavy atom. The number of aryl methyl sites for hydroxylation is 2. The molecule has 1 saturated heterocycles. The molecule has 33 heavy (non-hydrogen) atoms. The van der Waals surface area contributed by atoms with Gasteiger partial charge in [-0.2, -0.15) is 0 Å². The fraction of sp³-hybridized carbons (Fsp3) is 0.222. The van der Waals surface area contributed by atoms with Crippen molar-refractivity contribution in [1.29, 1.82) is 0 Å². The first-order valence-electron chi connectivity index (χ1n) is 11.1. The van der Waals surface area contributed by atoms with Crippen LogP contribution in [0.3, 0.4) is 0 Å². The number of ether oxygens (including phenoxy) is 1. The van der Waals surface area contributed by atoms with Crippen molar-refractivity contribution >= 4 is 23.1 Å². The number of carbonyl (C=O) groups is 2. The second kappa shape index (κ2) is 8.54. The smallest absolute Gasteiger partial charge is 0.300 e. The number of benzene rings is 2. The van der Waals surface area contributed by atoms with Gasteiger partial charge in [-0.1, -0.05) is 24.3 Å². The molecule has 3 aromatic rings. The van der Waals surface area contributed by atoms with Crippen LogP contribution < -0.4 is 9.64 Å². The number of fused-ring (bicyclic) bond motifs is 1. The molecular formula is C27H24N2O4. The lowest BCUT2D eigenvalue weighted by Crippen LogP contribution is -2.29. The molecule has 0 bridgehead atoms. The number of ketones is 1. The summed E-state index contributed by atoms with van der Waals surface area (Å²) in [4.78, 5) is 32.1. The monoisotopic (exact) mass is 440 g/mol. The Labute approximate surface area is 192 Å². The van der Waals surface area contributed by atoms with Gasteiger partial charge in [-0.3, -0.25) is 19.5 Å². The minimum Gasteiger partial charge on any atom is -0.507 e. The molecule has 0 radical (unpaired) electrons. The molecule has 1 atom stereocenters. The first-order chi connectivity index (χ1) is 16.1. The second-order valence-corrected chi connectivity index (χ2v) is 8.35. The minimum atomic E-state index is -0.804. The molecule has 2 aliphatic rings. The number of hydrogen-bond acceptors (Lipinski definition) is 5. The molecule has 0 spiro atoms. The van der Waals surface area contributed by atoms with Crippen LogP contribution in [0.15, 0.2) is 72.6 Å². The maximum atomic E-state index is 13.3. The molecule has 1 fully saturated rings. The van der Waals surface area contributed by atoms with Crippen LogP contribution in [0.5, 0.6) is 5.75 Å². The largest absolute Gasteiger partial charge is 0.507 e. The maximum absolute atomic E-state index is 13.3. The summed E-state index contributed by atoms with van der Waals surface area (Å²) < 4.78 is 5.32. The lowest BCUT2D eigenvalue weighted by atomic mass is 9.89. The summed E-state index contributed by atoms with van der Waals surface area (Å²) in [7, 11) is 1.54. The topological polar surface area (TPSA) is 79.7 Å². The Hall–Kier alpha value is -3.93. The third kappa shape index (κ3) is 3.67. The number of carbonyl (C=O) groups excluding carboxylic acids is 2. The summed E-state index contributed by atoms with van der Waals surface area (Å²) in [6, 6.07) is 15.5. The van der Waals surface area contributed by atoms with Crippen LogP contribution in [-0.2, 0) is 22.4 Å². The molecule has 1 aromatic heterocycles. The number of amides is 1. The number of aliphatic hydroxyl groups is 1. The van der Waals surface area contributed by atoms with Crippen LogP contribution in [0.25, 0.3) is 5.76 Å². The zero-order valence-electron chi connectivity index (χ0n) is 18.3. The Morgan fingerprint density at radius 2 is 1.85 bits per heavy atom. The molecule has 6 heteroatoms. The van der Waals surface area contributed by atoms with Crippen molar-refractivity contribution in [2.75, 3.05) is 12.0 Å². The third-order valence-electron chi connectivity index (χ3n) is 6.40. The Bertz CT molecular complexity index is 1270. The molecule has 1 amide bonds. The summed E-state index contributed by atoms with van der Waals surface area (Å²) in [6.45, 7) is 0. The fourth-order valence-electron chi connectivity index (χ4n) is 4.75. The van der Waals surface area contributed by atoms with E-state index in [1.165, 1.54) is 16.0 Å². The van der Waals surface area contributed by atoms with E-state index in [1.807, 2.05) is 18.2 Å². The zero-order chi connectivity index (χ0) is 22.9. The zero-order valence-corrected chi connectivity index (χ0v) is 18.3. The Balaban J connectivity index is 1.68. The Morgan fingerprint density at radius 3 is 2.61 bits per heavy atom. The normalized spacial score (nSPS) is 19.4. The van der Waals surface area contributed by atoms with Crippen molar-refractivity contribution in [1.82, 2.24) is 4.98 Å². The number of aromatic nitrogens is 1. The van der Waals surface area contributed by atoms with Gasteiger partial charge in [0, 0.05) is 29.7 Å². The standard InChI is InChI=1S/C27H24N2O4/c1-33-22-10-4-9-21(15-22)29-24(20-8-5-13-28-16-20)23(26(31)27(29)32)25(30)19-12-11-17-6-2-3-7-18(17)14-19/h4-5,8-16,24,30H,2-3,6-7H2,1H3/b25-23-. The third-order valence-corrected chi connectivity index (χ3v) is 6.40. The van der Waals surface area contributed by atoms with Gasteiger partial charge in [0.05, 0.1) is 18.7 Å². The first kappa shape index (κ1) is 20.9. The average molecular weight is 440 g/mol. The average Bonchev–Trinajstić information content (AvgIpc) is 3.14.